The highest BCUT2D eigenvalue weighted by atomic mass is 32.2. The molecule has 0 spiro atoms. The predicted molar refractivity (Wildman–Crippen MR) is 70.0 cm³/mol. The monoisotopic (exact) mass is 231 g/mol. The Kier molecular flexibility index (Phi) is 6.61. The van der Waals surface area contributed by atoms with Crippen molar-refractivity contribution in [2.45, 2.75) is 57.9 Å². The molecule has 1 aliphatic heterocycles. The number of unbranched alkanes of at least 4 members (excludes halogenated alkanes) is 5. The molecular weight excluding hydrogens is 210 g/mol. The highest BCUT2D eigenvalue weighted by molar-refractivity contribution is 8.23. The van der Waals surface area contributed by atoms with Crippen molar-refractivity contribution in [3.05, 3.63) is 0 Å². The maximum atomic E-state index is 5.08. The van der Waals surface area contributed by atoms with E-state index in [4.69, 9.17) is 12.2 Å². The SMILES string of the molecule is CCCCCCCCC1CSC(=S)N1. The van der Waals surface area contributed by atoms with Crippen LogP contribution in [0.25, 0.3) is 0 Å². The summed E-state index contributed by atoms with van der Waals surface area (Å²) in [7, 11) is 0. The molecule has 0 aromatic rings. The van der Waals surface area contributed by atoms with Crippen LogP contribution in [0, 0.1) is 0 Å². The van der Waals surface area contributed by atoms with Crippen LogP contribution in [0.2, 0.25) is 0 Å². The van der Waals surface area contributed by atoms with E-state index in [9.17, 15) is 0 Å². The van der Waals surface area contributed by atoms with Gasteiger partial charge in [0.05, 0.1) is 0 Å². The van der Waals surface area contributed by atoms with Gasteiger partial charge in [-0.1, -0.05) is 69.4 Å². The minimum Gasteiger partial charge on any atom is -0.367 e. The first kappa shape index (κ1) is 12.3. The second kappa shape index (κ2) is 7.52. The summed E-state index contributed by atoms with van der Waals surface area (Å²) in [6.45, 7) is 2.26. The van der Waals surface area contributed by atoms with Crippen LogP contribution < -0.4 is 5.32 Å². The minimum absolute atomic E-state index is 0.665. The molecule has 1 atom stereocenters. The van der Waals surface area contributed by atoms with Gasteiger partial charge < -0.3 is 5.32 Å². The van der Waals surface area contributed by atoms with E-state index in [0.29, 0.717) is 6.04 Å². The summed E-state index contributed by atoms with van der Waals surface area (Å²) in [6.07, 6.45) is 9.65. The lowest BCUT2D eigenvalue weighted by atomic mass is 10.1. The van der Waals surface area contributed by atoms with Gasteiger partial charge in [-0.3, -0.25) is 0 Å². The normalized spacial score (nSPS) is 21.2. The Morgan fingerprint density at radius 2 is 2.00 bits per heavy atom. The van der Waals surface area contributed by atoms with E-state index in [0.717, 1.165) is 4.32 Å². The number of hydrogen-bond acceptors (Lipinski definition) is 2. The van der Waals surface area contributed by atoms with Gasteiger partial charge in [0.2, 0.25) is 0 Å². The summed E-state index contributed by atoms with van der Waals surface area (Å²) in [6, 6.07) is 0.665. The Balaban J connectivity index is 1.86. The van der Waals surface area contributed by atoms with E-state index >= 15 is 0 Å². The maximum Gasteiger partial charge on any atom is 0.134 e. The molecule has 1 unspecified atom stereocenters. The molecule has 1 aliphatic rings. The molecule has 0 aromatic heterocycles. The average molecular weight is 231 g/mol. The quantitative estimate of drug-likeness (QED) is 0.530. The van der Waals surface area contributed by atoms with Gasteiger partial charge in [0, 0.05) is 11.8 Å². The Morgan fingerprint density at radius 1 is 1.29 bits per heavy atom. The highest BCUT2D eigenvalue weighted by Gasteiger charge is 2.17. The van der Waals surface area contributed by atoms with Crippen molar-refractivity contribution in [2.24, 2.45) is 0 Å². The lowest BCUT2D eigenvalue weighted by molar-refractivity contribution is 0.541. The number of hydrogen-bond donors (Lipinski definition) is 1. The van der Waals surface area contributed by atoms with Gasteiger partial charge in [-0.2, -0.15) is 0 Å². The van der Waals surface area contributed by atoms with Crippen molar-refractivity contribution in [1.29, 1.82) is 0 Å². The first-order valence-electron chi connectivity index (χ1n) is 5.76. The molecule has 0 bridgehead atoms. The highest BCUT2D eigenvalue weighted by Crippen LogP contribution is 2.18. The molecule has 0 amide bonds. The van der Waals surface area contributed by atoms with E-state index in [-0.39, 0.29) is 0 Å². The molecule has 0 radical (unpaired) electrons. The maximum absolute atomic E-state index is 5.08. The third-order valence-electron chi connectivity index (χ3n) is 2.64. The third-order valence-corrected chi connectivity index (χ3v) is 4.06. The summed E-state index contributed by atoms with van der Waals surface area (Å²) in [5, 5.41) is 3.35. The number of rotatable bonds is 7. The topological polar surface area (TPSA) is 12.0 Å². The van der Waals surface area contributed by atoms with Crippen molar-refractivity contribution in [2.75, 3.05) is 5.75 Å². The zero-order chi connectivity index (χ0) is 10.2. The predicted octanol–water partition coefficient (Wildman–Crippen LogP) is 3.73. The number of thioether (sulfide) groups is 1. The lowest BCUT2D eigenvalue weighted by Crippen LogP contribution is -2.25. The number of thiocarbonyl (C=S) groups is 1. The summed E-state index contributed by atoms with van der Waals surface area (Å²) >= 11 is 6.88. The van der Waals surface area contributed by atoms with Gasteiger partial charge in [-0.15, -0.1) is 0 Å². The Hall–Kier alpha value is 0.240. The van der Waals surface area contributed by atoms with Gasteiger partial charge in [0.25, 0.3) is 0 Å². The minimum atomic E-state index is 0.665. The summed E-state index contributed by atoms with van der Waals surface area (Å²) in [5.41, 5.74) is 0. The molecule has 82 valence electrons. The Bertz CT molecular complexity index is 171. The molecule has 0 aromatic carbocycles. The van der Waals surface area contributed by atoms with Crippen LogP contribution in [0.5, 0.6) is 0 Å². The molecule has 0 saturated carbocycles. The fourth-order valence-corrected chi connectivity index (χ4v) is 2.98. The van der Waals surface area contributed by atoms with Crippen LogP contribution in [-0.4, -0.2) is 16.1 Å². The zero-order valence-corrected chi connectivity index (χ0v) is 10.7. The molecule has 3 heteroatoms. The Labute approximate surface area is 97.4 Å². The van der Waals surface area contributed by atoms with Crippen molar-refractivity contribution >= 4 is 28.3 Å². The lowest BCUT2D eigenvalue weighted by Gasteiger charge is -2.08. The molecule has 0 aliphatic carbocycles. The summed E-state index contributed by atoms with van der Waals surface area (Å²) in [5.74, 6) is 1.19. The standard InChI is InChI=1S/C11H21NS2/c1-2-3-4-5-6-7-8-10-9-14-11(13)12-10/h10H,2-9H2,1H3,(H,12,13). The fourth-order valence-electron chi connectivity index (χ4n) is 1.75. The van der Waals surface area contributed by atoms with Gasteiger partial charge in [0.1, 0.15) is 4.32 Å². The van der Waals surface area contributed by atoms with Gasteiger partial charge in [-0.05, 0) is 6.42 Å². The molecule has 1 rings (SSSR count). The van der Waals surface area contributed by atoms with E-state index in [1.165, 1.54) is 50.7 Å². The number of nitrogens with one attached hydrogen (secondary N) is 1. The van der Waals surface area contributed by atoms with E-state index in [1.807, 2.05) is 0 Å². The fraction of sp³-hybridized carbons (Fsp3) is 0.909. The van der Waals surface area contributed by atoms with Crippen molar-refractivity contribution in [3.8, 4) is 0 Å². The Morgan fingerprint density at radius 3 is 2.64 bits per heavy atom. The van der Waals surface area contributed by atoms with Crippen LogP contribution in [0.1, 0.15) is 51.9 Å². The molecule has 1 fully saturated rings. The molecule has 14 heavy (non-hydrogen) atoms. The van der Waals surface area contributed by atoms with Crippen LogP contribution in [0.4, 0.5) is 0 Å². The first-order valence-corrected chi connectivity index (χ1v) is 7.15. The van der Waals surface area contributed by atoms with Crippen LogP contribution in [-0.2, 0) is 0 Å². The van der Waals surface area contributed by atoms with E-state index in [2.05, 4.69) is 12.2 Å². The molecule has 1 nitrogen and oxygen atoms in total. The van der Waals surface area contributed by atoms with E-state index < -0.39 is 0 Å². The van der Waals surface area contributed by atoms with Crippen LogP contribution >= 0.6 is 24.0 Å². The zero-order valence-electron chi connectivity index (χ0n) is 9.05. The smallest absolute Gasteiger partial charge is 0.134 e. The van der Waals surface area contributed by atoms with E-state index in [1.54, 1.807) is 11.8 Å². The summed E-state index contributed by atoms with van der Waals surface area (Å²) < 4.78 is 1.00. The van der Waals surface area contributed by atoms with Crippen LogP contribution in [0.3, 0.4) is 0 Å². The summed E-state index contributed by atoms with van der Waals surface area (Å²) in [4.78, 5) is 0. The molecular formula is C11H21NS2. The molecule has 1 N–H and O–H groups in total. The molecule has 1 heterocycles. The molecule has 1 saturated heterocycles. The van der Waals surface area contributed by atoms with Gasteiger partial charge >= 0.3 is 0 Å². The van der Waals surface area contributed by atoms with Gasteiger partial charge in [0.15, 0.2) is 0 Å². The van der Waals surface area contributed by atoms with Crippen molar-refractivity contribution in [3.63, 3.8) is 0 Å². The van der Waals surface area contributed by atoms with Crippen LogP contribution in [0.15, 0.2) is 0 Å². The van der Waals surface area contributed by atoms with Crippen molar-refractivity contribution in [1.82, 2.24) is 5.32 Å². The average Bonchev–Trinajstić information content (AvgIpc) is 2.58. The largest absolute Gasteiger partial charge is 0.367 e. The first-order chi connectivity index (χ1) is 6.83. The van der Waals surface area contributed by atoms with Crippen molar-refractivity contribution < 1.29 is 0 Å². The second-order valence-corrected chi connectivity index (χ2v) is 5.69. The van der Waals surface area contributed by atoms with Gasteiger partial charge in [-0.25, -0.2) is 0 Å². The second-order valence-electron chi connectivity index (χ2n) is 4.00. The third kappa shape index (κ3) is 5.20.